The fourth-order valence-corrected chi connectivity index (χ4v) is 4.75. The minimum Gasteiger partial charge on any atom is -0.508 e. The van der Waals surface area contributed by atoms with Crippen molar-refractivity contribution in [3.8, 4) is 27.4 Å². The zero-order chi connectivity index (χ0) is 19.8. The van der Waals surface area contributed by atoms with E-state index in [0.717, 1.165) is 45.7 Å². The first kappa shape index (κ1) is 18.8. The number of hydrogen-bond donors (Lipinski definition) is 1. The Bertz CT molecular complexity index is 1020. The quantitative estimate of drug-likeness (QED) is 0.579. The maximum absolute atomic E-state index is 12.6. The second-order valence-corrected chi connectivity index (χ2v) is 8.58. The highest BCUT2D eigenvalue weighted by atomic mass is 32.1. The number of esters is 1. The summed E-state index contributed by atoms with van der Waals surface area (Å²) in [6, 6.07) is 10.1. The summed E-state index contributed by atoms with van der Waals surface area (Å²) in [5, 5.41) is 12.6. The molecule has 0 radical (unpaired) electrons. The number of carbonyl (C=O) groups excluding carboxylic acids is 1. The van der Waals surface area contributed by atoms with Crippen LogP contribution >= 0.6 is 11.3 Å². The number of carbonyl (C=O) groups is 1. The summed E-state index contributed by atoms with van der Waals surface area (Å²) < 4.78 is 7.40. The van der Waals surface area contributed by atoms with Gasteiger partial charge < -0.3 is 14.4 Å². The molecule has 5 heteroatoms. The molecule has 0 unspecified atom stereocenters. The first-order valence-corrected chi connectivity index (χ1v) is 10.7. The largest absolute Gasteiger partial charge is 0.508 e. The van der Waals surface area contributed by atoms with Gasteiger partial charge >= 0.3 is 5.97 Å². The Morgan fingerprint density at radius 2 is 2.11 bits per heavy atom. The molecular formula is C23H25NO3S. The Morgan fingerprint density at radius 3 is 2.79 bits per heavy atom. The number of phenols is 1. The molecule has 1 aromatic carbocycles. The molecule has 0 fully saturated rings. The van der Waals surface area contributed by atoms with Crippen molar-refractivity contribution in [3.63, 3.8) is 0 Å². The number of benzene rings is 1. The van der Waals surface area contributed by atoms with E-state index in [9.17, 15) is 9.90 Å². The molecular weight excluding hydrogens is 370 g/mol. The Morgan fingerprint density at radius 1 is 1.29 bits per heavy atom. The van der Waals surface area contributed by atoms with E-state index in [1.165, 1.54) is 0 Å². The predicted molar refractivity (Wildman–Crippen MR) is 113 cm³/mol. The zero-order valence-electron chi connectivity index (χ0n) is 16.5. The topological polar surface area (TPSA) is 51.5 Å². The van der Waals surface area contributed by atoms with Crippen LogP contribution in [0.25, 0.3) is 21.7 Å². The number of ether oxygens (including phenoxy) is 1. The SMILES string of the molecule is CCOC(=O)c1cc(-c2cccs2)c2n1CCc1cc(O)c(CC(C)C)cc1-2. The summed E-state index contributed by atoms with van der Waals surface area (Å²) in [7, 11) is 0. The van der Waals surface area contributed by atoms with Gasteiger partial charge in [0.05, 0.1) is 12.3 Å². The van der Waals surface area contributed by atoms with Crippen molar-refractivity contribution >= 4 is 17.3 Å². The third-order valence-electron chi connectivity index (χ3n) is 5.16. The fraction of sp³-hybridized carbons (Fsp3) is 0.348. The van der Waals surface area contributed by atoms with Crippen molar-refractivity contribution in [1.82, 2.24) is 4.57 Å². The van der Waals surface area contributed by atoms with Crippen LogP contribution < -0.4 is 0 Å². The maximum atomic E-state index is 12.6. The van der Waals surface area contributed by atoms with Gasteiger partial charge in [0, 0.05) is 22.5 Å². The summed E-state index contributed by atoms with van der Waals surface area (Å²) in [6.07, 6.45) is 1.60. The molecule has 0 bridgehead atoms. The van der Waals surface area contributed by atoms with Gasteiger partial charge in [-0.05, 0) is 66.5 Å². The molecule has 28 heavy (non-hydrogen) atoms. The lowest BCUT2D eigenvalue weighted by molar-refractivity contribution is 0.0514. The summed E-state index contributed by atoms with van der Waals surface area (Å²) in [5.74, 6) is 0.540. The van der Waals surface area contributed by atoms with Crippen molar-refractivity contribution in [2.24, 2.45) is 5.92 Å². The van der Waals surface area contributed by atoms with Gasteiger partial charge in [0.15, 0.2) is 0 Å². The molecule has 3 aromatic rings. The van der Waals surface area contributed by atoms with Crippen molar-refractivity contribution in [3.05, 3.63) is 52.5 Å². The van der Waals surface area contributed by atoms with Crippen LogP contribution in [0.4, 0.5) is 0 Å². The molecule has 1 N–H and O–H groups in total. The average molecular weight is 396 g/mol. The molecule has 0 atom stereocenters. The van der Waals surface area contributed by atoms with Gasteiger partial charge in [-0.25, -0.2) is 4.79 Å². The molecule has 1 aliphatic rings. The number of rotatable bonds is 5. The first-order valence-electron chi connectivity index (χ1n) is 9.79. The minimum absolute atomic E-state index is 0.281. The van der Waals surface area contributed by atoms with Gasteiger partial charge in [0.1, 0.15) is 11.4 Å². The third kappa shape index (κ3) is 3.24. The Kier molecular flexibility index (Phi) is 5.02. The molecule has 0 aliphatic carbocycles. The number of thiophene rings is 1. The number of hydrogen-bond acceptors (Lipinski definition) is 4. The molecule has 1 aliphatic heterocycles. The fourth-order valence-electron chi connectivity index (χ4n) is 4.00. The minimum atomic E-state index is -0.281. The number of aryl methyl sites for hydroxylation is 1. The molecule has 0 saturated carbocycles. The summed E-state index contributed by atoms with van der Waals surface area (Å²) >= 11 is 1.67. The van der Waals surface area contributed by atoms with Crippen molar-refractivity contribution in [1.29, 1.82) is 0 Å². The number of nitrogens with zero attached hydrogens (tertiary/aromatic N) is 1. The summed E-state index contributed by atoms with van der Waals surface area (Å²) in [5.41, 5.74) is 5.90. The number of fused-ring (bicyclic) bond motifs is 3. The highest BCUT2D eigenvalue weighted by Crippen LogP contribution is 2.43. The smallest absolute Gasteiger partial charge is 0.354 e. The first-order chi connectivity index (χ1) is 13.5. The van der Waals surface area contributed by atoms with Crippen LogP contribution in [-0.4, -0.2) is 22.2 Å². The number of aromatic nitrogens is 1. The Labute approximate surface area is 169 Å². The van der Waals surface area contributed by atoms with Gasteiger partial charge in [-0.3, -0.25) is 0 Å². The lowest BCUT2D eigenvalue weighted by atomic mass is 9.91. The highest BCUT2D eigenvalue weighted by molar-refractivity contribution is 7.13. The van der Waals surface area contributed by atoms with Gasteiger partial charge in [0.25, 0.3) is 0 Å². The monoisotopic (exact) mass is 395 g/mol. The highest BCUT2D eigenvalue weighted by Gasteiger charge is 2.28. The zero-order valence-corrected chi connectivity index (χ0v) is 17.3. The lowest BCUT2D eigenvalue weighted by Gasteiger charge is -2.24. The Balaban J connectivity index is 1.94. The van der Waals surface area contributed by atoms with Crippen LogP contribution in [0.5, 0.6) is 5.75 Å². The van der Waals surface area contributed by atoms with E-state index in [2.05, 4.69) is 30.5 Å². The van der Waals surface area contributed by atoms with Crippen molar-refractivity contribution in [2.45, 2.75) is 40.2 Å². The second-order valence-electron chi connectivity index (χ2n) is 7.63. The van der Waals surface area contributed by atoms with Gasteiger partial charge in [-0.2, -0.15) is 0 Å². The van der Waals surface area contributed by atoms with Crippen molar-refractivity contribution in [2.75, 3.05) is 6.61 Å². The molecule has 4 rings (SSSR count). The molecule has 3 heterocycles. The van der Waals surface area contributed by atoms with E-state index >= 15 is 0 Å². The molecule has 0 saturated heterocycles. The van der Waals surface area contributed by atoms with Gasteiger partial charge in [-0.1, -0.05) is 19.9 Å². The van der Waals surface area contributed by atoms with Crippen LogP contribution in [0.2, 0.25) is 0 Å². The van der Waals surface area contributed by atoms with Crippen LogP contribution in [-0.2, 0) is 24.1 Å². The molecule has 0 amide bonds. The van der Waals surface area contributed by atoms with Gasteiger partial charge in [-0.15, -0.1) is 11.3 Å². The second kappa shape index (κ2) is 7.47. The Hall–Kier alpha value is -2.53. The van der Waals surface area contributed by atoms with E-state index in [1.54, 1.807) is 11.3 Å². The molecule has 146 valence electrons. The van der Waals surface area contributed by atoms with Gasteiger partial charge in [0.2, 0.25) is 0 Å². The predicted octanol–water partition coefficient (Wildman–Crippen LogP) is 5.52. The van der Waals surface area contributed by atoms with Crippen LogP contribution in [0.3, 0.4) is 0 Å². The number of aromatic hydroxyl groups is 1. The van der Waals surface area contributed by atoms with Crippen LogP contribution in [0.1, 0.15) is 42.4 Å². The van der Waals surface area contributed by atoms with E-state index in [1.807, 2.05) is 30.5 Å². The molecule has 0 spiro atoms. The van der Waals surface area contributed by atoms with Crippen LogP contribution in [0, 0.1) is 5.92 Å². The van der Waals surface area contributed by atoms with E-state index in [4.69, 9.17) is 4.74 Å². The average Bonchev–Trinajstić information content (AvgIpc) is 3.29. The summed E-state index contributed by atoms with van der Waals surface area (Å²) in [6.45, 7) is 7.19. The normalized spacial score (nSPS) is 12.7. The number of phenolic OH excluding ortho intramolecular Hbond substituents is 1. The third-order valence-corrected chi connectivity index (χ3v) is 6.06. The van der Waals surface area contributed by atoms with Crippen LogP contribution in [0.15, 0.2) is 35.7 Å². The van der Waals surface area contributed by atoms with E-state index in [0.29, 0.717) is 30.5 Å². The van der Waals surface area contributed by atoms with E-state index in [-0.39, 0.29) is 5.97 Å². The van der Waals surface area contributed by atoms with Crippen molar-refractivity contribution < 1.29 is 14.6 Å². The lowest BCUT2D eigenvalue weighted by Crippen LogP contribution is -2.18. The summed E-state index contributed by atoms with van der Waals surface area (Å²) in [4.78, 5) is 13.7. The molecule has 4 nitrogen and oxygen atoms in total. The standard InChI is InChI=1S/C23H25NO3S/c1-4-27-23(26)19-13-18(21-6-5-9-28-21)22-17-11-16(10-14(2)3)20(25)12-15(17)7-8-24(19)22/h5-6,9,11-14,25H,4,7-8,10H2,1-3H3. The maximum Gasteiger partial charge on any atom is 0.354 e. The molecule has 2 aromatic heterocycles. The van der Waals surface area contributed by atoms with E-state index < -0.39 is 0 Å².